The fourth-order valence-electron chi connectivity index (χ4n) is 1.41. The molecule has 0 unspecified atom stereocenters. The molecule has 1 aromatic heterocycles. The normalized spacial score (nSPS) is 10.2. The van der Waals surface area contributed by atoms with Crippen LogP contribution in [0.3, 0.4) is 0 Å². The summed E-state index contributed by atoms with van der Waals surface area (Å²) in [6, 6.07) is 6.99. The molecule has 0 fully saturated rings. The fourth-order valence-corrected chi connectivity index (χ4v) is 1.41. The van der Waals surface area contributed by atoms with Gasteiger partial charge in [-0.2, -0.15) is 0 Å². The second kappa shape index (κ2) is 4.21. The van der Waals surface area contributed by atoms with Gasteiger partial charge in [-0.25, -0.2) is 9.18 Å². The Kier molecular flexibility index (Phi) is 2.74. The molecule has 5 heteroatoms. The average molecular weight is 232 g/mol. The Bertz CT molecular complexity index is 584. The minimum Gasteiger partial charge on any atom is -0.478 e. The molecule has 0 spiro atoms. The lowest BCUT2D eigenvalue weighted by Gasteiger charge is -2.03. The van der Waals surface area contributed by atoms with Crippen molar-refractivity contribution in [3.05, 3.63) is 47.9 Å². The molecule has 0 aliphatic heterocycles. The summed E-state index contributed by atoms with van der Waals surface area (Å²) in [5, 5.41) is 8.83. The van der Waals surface area contributed by atoms with Crippen molar-refractivity contribution in [1.29, 1.82) is 0 Å². The van der Waals surface area contributed by atoms with E-state index in [0.717, 1.165) is 0 Å². The van der Waals surface area contributed by atoms with E-state index in [-0.39, 0.29) is 11.3 Å². The minimum atomic E-state index is -1.05. The van der Waals surface area contributed by atoms with E-state index in [4.69, 9.17) is 10.8 Å². The molecule has 0 aliphatic carbocycles. The first-order valence-electron chi connectivity index (χ1n) is 4.82. The number of rotatable bonds is 2. The lowest BCUT2D eigenvalue weighted by Crippen LogP contribution is -1.97. The Morgan fingerprint density at radius 1 is 1.29 bits per heavy atom. The molecule has 3 N–H and O–H groups in total. The minimum absolute atomic E-state index is 0.0446. The molecule has 17 heavy (non-hydrogen) atoms. The van der Waals surface area contributed by atoms with Gasteiger partial charge in [-0.1, -0.05) is 6.07 Å². The molecule has 2 rings (SSSR count). The summed E-state index contributed by atoms with van der Waals surface area (Å²) in [5.74, 6) is -1.60. The quantitative estimate of drug-likeness (QED) is 0.778. The SMILES string of the molecule is Nc1ccc(-c2cc(C(=O)O)ccn2)cc1F. The molecule has 0 saturated heterocycles. The topological polar surface area (TPSA) is 76.2 Å². The molecule has 86 valence electrons. The smallest absolute Gasteiger partial charge is 0.335 e. The highest BCUT2D eigenvalue weighted by atomic mass is 19.1. The van der Waals surface area contributed by atoms with Gasteiger partial charge in [-0.3, -0.25) is 4.98 Å². The third kappa shape index (κ3) is 2.23. The lowest BCUT2D eigenvalue weighted by molar-refractivity contribution is 0.0697. The largest absolute Gasteiger partial charge is 0.478 e. The van der Waals surface area contributed by atoms with Gasteiger partial charge in [0.2, 0.25) is 0 Å². The third-order valence-electron chi connectivity index (χ3n) is 2.30. The maximum absolute atomic E-state index is 13.3. The average Bonchev–Trinajstić information content (AvgIpc) is 2.33. The van der Waals surface area contributed by atoms with E-state index < -0.39 is 11.8 Å². The van der Waals surface area contributed by atoms with E-state index in [0.29, 0.717) is 11.3 Å². The summed E-state index contributed by atoms with van der Waals surface area (Å²) in [6.45, 7) is 0. The van der Waals surface area contributed by atoms with Gasteiger partial charge in [-0.15, -0.1) is 0 Å². The first-order valence-corrected chi connectivity index (χ1v) is 4.82. The second-order valence-corrected chi connectivity index (χ2v) is 3.47. The number of anilines is 1. The Morgan fingerprint density at radius 2 is 2.06 bits per heavy atom. The number of pyridine rings is 1. The molecular formula is C12H9FN2O2. The van der Waals surface area contributed by atoms with Crippen LogP contribution >= 0.6 is 0 Å². The van der Waals surface area contributed by atoms with E-state index in [9.17, 15) is 9.18 Å². The molecule has 1 aromatic carbocycles. The van der Waals surface area contributed by atoms with Crippen molar-refractivity contribution in [1.82, 2.24) is 4.98 Å². The van der Waals surface area contributed by atoms with Crippen LogP contribution in [0.2, 0.25) is 0 Å². The van der Waals surface area contributed by atoms with Crippen molar-refractivity contribution in [3.8, 4) is 11.3 Å². The summed E-state index contributed by atoms with van der Waals surface area (Å²) >= 11 is 0. The van der Waals surface area contributed by atoms with Crippen molar-refractivity contribution in [2.75, 3.05) is 5.73 Å². The van der Waals surface area contributed by atoms with Crippen molar-refractivity contribution >= 4 is 11.7 Å². The monoisotopic (exact) mass is 232 g/mol. The number of carbonyl (C=O) groups is 1. The highest BCUT2D eigenvalue weighted by Crippen LogP contribution is 2.21. The molecule has 0 bridgehead atoms. The van der Waals surface area contributed by atoms with Crippen molar-refractivity contribution in [3.63, 3.8) is 0 Å². The Morgan fingerprint density at radius 3 is 2.71 bits per heavy atom. The number of nitrogen functional groups attached to an aromatic ring is 1. The van der Waals surface area contributed by atoms with Crippen LogP contribution in [0.4, 0.5) is 10.1 Å². The van der Waals surface area contributed by atoms with Crippen LogP contribution in [0.25, 0.3) is 11.3 Å². The molecule has 0 radical (unpaired) electrons. The molecule has 0 aliphatic rings. The van der Waals surface area contributed by atoms with Gasteiger partial charge in [-0.05, 0) is 24.3 Å². The van der Waals surface area contributed by atoms with E-state index in [1.165, 1.54) is 30.5 Å². The number of aromatic carboxylic acids is 1. The van der Waals surface area contributed by atoms with Gasteiger partial charge in [0.15, 0.2) is 0 Å². The van der Waals surface area contributed by atoms with Crippen molar-refractivity contribution in [2.45, 2.75) is 0 Å². The van der Waals surface area contributed by atoms with Crippen LogP contribution in [0.15, 0.2) is 36.5 Å². The molecule has 0 atom stereocenters. The number of nitrogens with two attached hydrogens (primary N) is 1. The number of aromatic nitrogens is 1. The number of carboxylic acids is 1. The predicted octanol–water partition coefficient (Wildman–Crippen LogP) is 2.17. The standard InChI is InChI=1S/C12H9FN2O2/c13-9-5-7(1-2-10(9)14)11-6-8(12(16)17)3-4-15-11/h1-6H,14H2,(H,16,17). The number of hydrogen-bond donors (Lipinski definition) is 2. The van der Waals surface area contributed by atoms with Crippen molar-refractivity contribution < 1.29 is 14.3 Å². The predicted molar refractivity (Wildman–Crippen MR) is 61.0 cm³/mol. The van der Waals surface area contributed by atoms with E-state index in [1.54, 1.807) is 6.07 Å². The number of benzene rings is 1. The molecule has 2 aromatic rings. The maximum atomic E-state index is 13.3. The van der Waals surface area contributed by atoms with E-state index >= 15 is 0 Å². The van der Waals surface area contributed by atoms with E-state index in [1.807, 2.05) is 0 Å². The van der Waals surface area contributed by atoms with Gasteiger partial charge in [0.1, 0.15) is 5.82 Å². The van der Waals surface area contributed by atoms with Crippen LogP contribution in [-0.4, -0.2) is 16.1 Å². The molecule has 0 saturated carbocycles. The zero-order valence-corrected chi connectivity index (χ0v) is 8.72. The summed E-state index contributed by atoms with van der Waals surface area (Å²) in [5.41, 5.74) is 6.38. The highest BCUT2D eigenvalue weighted by Gasteiger charge is 2.07. The van der Waals surface area contributed by atoms with Gasteiger partial charge < -0.3 is 10.8 Å². The second-order valence-electron chi connectivity index (χ2n) is 3.47. The highest BCUT2D eigenvalue weighted by molar-refractivity contribution is 5.88. The summed E-state index contributed by atoms with van der Waals surface area (Å²) in [6.07, 6.45) is 1.37. The first kappa shape index (κ1) is 11.1. The van der Waals surface area contributed by atoms with E-state index in [2.05, 4.69) is 4.98 Å². The van der Waals surface area contributed by atoms with Gasteiger partial charge in [0.25, 0.3) is 0 Å². The Labute approximate surface area is 96.5 Å². The zero-order valence-electron chi connectivity index (χ0n) is 8.72. The summed E-state index contributed by atoms with van der Waals surface area (Å²) in [4.78, 5) is 14.8. The third-order valence-corrected chi connectivity index (χ3v) is 2.30. The maximum Gasteiger partial charge on any atom is 0.335 e. The number of halogens is 1. The van der Waals surface area contributed by atoms with Crippen LogP contribution in [-0.2, 0) is 0 Å². The number of hydrogen-bond acceptors (Lipinski definition) is 3. The molecule has 0 amide bonds. The Balaban J connectivity index is 2.49. The first-order chi connectivity index (χ1) is 8.08. The molecule has 4 nitrogen and oxygen atoms in total. The fraction of sp³-hybridized carbons (Fsp3) is 0. The van der Waals surface area contributed by atoms with Crippen LogP contribution in [0, 0.1) is 5.82 Å². The zero-order chi connectivity index (χ0) is 12.4. The van der Waals surface area contributed by atoms with Gasteiger partial charge in [0.05, 0.1) is 16.9 Å². The Hall–Kier alpha value is -2.43. The summed E-state index contributed by atoms with van der Waals surface area (Å²) < 4.78 is 13.3. The lowest BCUT2D eigenvalue weighted by atomic mass is 10.1. The number of nitrogens with zero attached hydrogens (tertiary/aromatic N) is 1. The van der Waals surface area contributed by atoms with Crippen LogP contribution < -0.4 is 5.73 Å². The van der Waals surface area contributed by atoms with Gasteiger partial charge >= 0.3 is 5.97 Å². The van der Waals surface area contributed by atoms with Crippen molar-refractivity contribution in [2.24, 2.45) is 0 Å². The number of carboxylic acid groups (broad SMARTS) is 1. The van der Waals surface area contributed by atoms with Gasteiger partial charge in [0, 0.05) is 11.8 Å². The van der Waals surface area contributed by atoms with Crippen LogP contribution in [0.1, 0.15) is 10.4 Å². The van der Waals surface area contributed by atoms with Crippen LogP contribution in [0.5, 0.6) is 0 Å². The molecular weight excluding hydrogens is 223 g/mol. The molecule has 1 heterocycles. The summed E-state index contributed by atoms with van der Waals surface area (Å²) in [7, 11) is 0.